The summed E-state index contributed by atoms with van der Waals surface area (Å²) in [6.07, 6.45) is 7.86. The number of allylic oxidation sites excluding steroid dienone is 3. The van der Waals surface area contributed by atoms with Gasteiger partial charge in [-0.15, -0.1) is 19.7 Å². The number of hydrogen-bond acceptors (Lipinski definition) is 0. The van der Waals surface area contributed by atoms with Crippen molar-refractivity contribution in [2.24, 2.45) is 11.3 Å². The van der Waals surface area contributed by atoms with Crippen molar-refractivity contribution in [2.75, 3.05) is 0 Å². The fourth-order valence-corrected chi connectivity index (χ4v) is 0.332. The Morgan fingerprint density at radius 2 is 1.56 bits per heavy atom. The van der Waals surface area contributed by atoms with E-state index in [0.29, 0.717) is 5.41 Å². The van der Waals surface area contributed by atoms with Crippen LogP contribution in [0.4, 0.5) is 0 Å². The monoisotopic (exact) mass is 222 g/mol. The Morgan fingerprint density at radius 1 is 1.25 bits per heavy atom. The van der Waals surface area contributed by atoms with Crippen molar-refractivity contribution >= 4 is 0 Å². The molecule has 1 aliphatic carbocycles. The van der Waals surface area contributed by atoms with Crippen LogP contribution in [0.1, 0.15) is 53.9 Å². The number of rotatable bonds is 2. The zero-order chi connectivity index (χ0) is 13.2. The standard InChI is InChI=1S/C6H12.C5H8.C5H10/c1-5-6(2,3)4;1-2-5-3-4-5;1-4-5(2)3/h5H,1H2,2-4H3;2,5H,1,3-4H2;2,4H2,1,3H3. The van der Waals surface area contributed by atoms with Crippen LogP contribution in [0.15, 0.2) is 37.5 Å². The van der Waals surface area contributed by atoms with Crippen molar-refractivity contribution in [1.29, 1.82) is 0 Å². The van der Waals surface area contributed by atoms with Crippen LogP contribution in [0.2, 0.25) is 0 Å². The molecule has 0 bridgehead atoms. The van der Waals surface area contributed by atoms with Gasteiger partial charge in [-0.2, -0.15) is 0 Å². The van der Waals surface area contributed by atoms with Crippen molar-refractivity contribution in [1.82, 2.24) is 0 Å². The Hall–Kier alpha value is -0.780. The third-order valence-corrected chi connectivity index (χ3v) is 2.17. The quantitative estimate of drug-likeness (QED) is 0.520. The zero-order valence-corrected chi connectivity index (χ0v) is 12.0. The van der Waals surface area contributed by atoms with Gasteiger partial charge in [0.05, 0.1) is 0 Å². The summed E-state index contributed by atoms with van der Waals surface area (Å²) in [5.74, 6) is 0.898. The van der Waals surface area contributed by atoms with E-state index in [-0.39, 0.29) is 0 Å². The predicted octanol–water partition coefficient (Wildman–Crippen LogP) is 5.77. The first-order chi connectivity index (χ1) is 7.26. The molecule has 0 heterocycles. The van der Waals surface area contributed by atoms with E-state index in [9.17, 15) is 0 Å². The highest BCUT2D eigenvalue weighted by Crippen LogP contribution is 2.28. The van der Waals surface area contributed by atoms with Gasteiger partial charge in [0.15, 0.2) is 0 Å². The third kappa shape index (κ3) is 23.2. The maximum absolute atomic E-state index is 3.67. The largest absolute Gasteiger partial charge is 0.103 e. The lowest BCUT2D eigenvalue weighted by atomic mass is 9.98. The summed E-state index contributed by atoms with van der Waals surface area (Å²) in [5.41, 5.74) is 1.56. The molecule has 0 nitrogen and oxygen atoms in total. The molecule has 0 heteroatoms. The van der Waals surface area contributed by atoms with Crippen LogP contribution in [0, 0.1) is 11.3 Å². The highest BCUT2D eigenvalue weighted by Gasteiger charge is 2.15. The van der Waals surface area contributed by atoms with Crippen LogP contribution in [0.5, 0.6) is 0 Å². The third-order valence-electron chi connectivity index (χ3n) is 2.17. The first-order valence-corrected chi connectivity index (χ1v) is 6.17. The first-order valence-electron chi connectivity index (χ1n) is 6.17. The maximum Gasteiger partial charge on any atom is -0.0206 e. The second-order valence-corrected chi connectivity index (χ2v) is 5.45. The molecule has 16 heavy (non-hydrogen) atoms. The molecule has 0 amide bonds. The average Bonchev–Trinajstić information content (AvgIpc) is 3.01. The molecule has 0 spiro atoms. The summed E-state index contributed by atoms with van der Waals surface area (Å²) in [7, 11) is 0. The van der Waals surface area contributed by atoms with Crippen molar-refractivity contribution in [3.63, 3.8) is 0 Å². The summed E-state index contributed by atoms with van der Waals surface area (Å²) < 4.78 is 0. The SMILES string of the molecule is C=C(C)CC.C=CC(C)(C)C.C=CC1CC1. The van der Waals surface area contributed by atoms with Gasteiger partial charge in [-0.1, -0.05) is 45.4 Å². The Kier molecular flexibility index (Phi) is 10.4. The highest BCUT2D eigenvalue weighted by atomic mass is 14.2. The normalized spacial score (nSPS) is 13.6. The predicted molar refractivity (Wildman–Crippen MR) is 77.7 cm³/mol. The van der Waals surface area contributed by atoms with E-state index in [4.69, 9.17) is 0 Å². The molecule has 0 unspecified atom stereocenters. The lowest BCUT2D eigenvalue weighted by molar-refractivity contribution is 0.546. The Labute approximate surface area is 103 Å². The van der Waals surface area contributed by atoms with Crippen molar-refractivity contribution in [3.05, 3.63) is 37.5 Å². The summed E-state index contributed by atoms with van der Waals surface area (Å²) in [6.45, 7) is 21.4. The topological polar surface area (TPSA) is 0 Å². The average molecular weight is 222 g/mol. The van der Waals surface area contributed by atoms with Crippen molar-refractivity contribution < 1.29 is 0 Å². The molecule has 94 valence electrons. The molecule has 1 aliphatic rings. The van der Waals surface area contributed by atoms with E-state index < -0.39 is 0 Å². The van der Waals surface area contributed by atoms with Gasteiger partial charge >= 0.3 is 0 Å². The summed E-state index contributed by atoms with van der Waals surface area (Å²) in [4.78, 5) is 0. The summed E-state index contributed by atoms with van der Waals surface area (Å²) in [5, 5.41) is 0. The van der Waals surface area contributed by atoms with E-state index in [1.165, 1.54) is 18.4 Å². The van der Waals surface area contributed by atoms with E-state index in [1.54, 1.807) is 0 Å². The van der Waals surface area contributed by atoms with Crippen molar-refractivity contribution in [2.45, 2.75) is 53.9 Å². The minimum absolute atomic E-state index is 0.306. The van der Waals surface area contributed by atoms with Crippen LogP contribution in [0.25, 0.3) is 0 Å². The van der Waals surface area contributed by atoms with E-state index in [1.807, 2.05) is 19.1 Å². The van der Waals surface area contributed by atoms with Gasteiger partial charge in [0.2, 0.25) is 0 Å². The molecule has 0 aromatic carbocycles. The van der Waals surface area contributed by atoms with E-state index >= 15 is 0 Å². The minimum Gasteiger partial charge on any atom is -0.103 e. The smallest absolute Gasteiger partial charge is 0.0206 e. The van der Waals surface area contributed by atoms with Crippen LogP contribution < -0.4 is 0 Å². The first kappa shape index (κ1) is 17.6. The van der Waals surface area contributed by atoms with Gasteiger partial charge < -0.3 is 0 Å². The maximum atomic E-state index is 3.67. The lowest BCUT2D eigenvalue weighted by Gasteiger charge is -2.08. The van der Waals surface area contributed by atoms with Gasteiger partial charge in [0.1, 0.15) is 0 Å². The Morgan fingerprint density at radius 3 is 1.56 bits per heavy atom. The molecular formula is C16H30. The second-order valence-electron chi connectivity index (χ2n) is 5.45. The van der Waals surface area contributed by atoms with Gasteiger partial charge in [0.25, 0.3) is 0 Å². The number of hydrogen-bond donors (Lipinski definition) is 0. The molecule has 0 atom stereocenters. The molecule has 0 aromatic rings. The second kappa shape index (κ2) is 9.45. The van der Waals surface area contributed by atoms with Crippen LogP contribution in [-0.4, -0.2) is 0 Å². The van der Waals surface area contributed by atoms with Crippen molar-refractivity contribution in [3.8, 4) is 0 Å². The van der Waals surface area contributed by atoms with Gasteiger partial charge in [0, 0.05) is 0 Å². The Bertz CT molecular complexity index is 199. The van der Waals surface area contributed by atoms with Crippen LogP contribution >= 0.6 is 0 Å². The van der Waals surface area contributed by atoms with Crippen LogP contribution in [-0.2, 0) is 0 Å². The van der Waals surface area contributed by atoms with E-state index in [0.717, 1.165) is 12.3 Å². The summed E-state index contributed by atoms with van der Waals surface area (Å²) in [6, 6.07) is 0. The molecule has 1 rings (SSSR count). The molecule has 0 aromatic heterocycles. The molecule has 0 aliphatic heterocycles. The lowest BCUT2D eigenvalue weighted by Crippen LogP contribution is -1.96. The zero-order valence-electron chi connectivity index (χ0n) is 12.0. The van der Waals surface area contributed by atoms with Gasteiger partial charge in [-0.25, -0.2) is 0 Å². The van der Waals surface area contributed by atoms with Gasteiger partial charge in [-0.05, 0) is 37.5 Å². The fourth-order valence-electron chi connectivity index (χ4n) is 0.332. The molecule has 1 fully saturated rings. The Balaban J connectivity index is 0. The molecule has 1 saturated carbocycles. The van der Waals surface area contributed by atoms with Gasteiger partial charge in [-0.3, -0.25) is 0 Å². The molecular weight excluding hydrogens is 192 g/mol. The molecule has 0 radical (unpaired) electrons. The minimum atomic E-state index is 0.306. The van der Waals surface area contributed by atoms with E-state index in [2.05, 4.69) is 47.4 Å². The summed E-state index contributed by atoms with van der Waals surface area (Å²) >= 11 is 0. The molecule has 0 N–H and O–H groups in total. The fraction of sp³-hybridized carbons (Fsp3) is 0.625. The van der Waals surface area contributed by atoms with Crippen LogP contribution in [0.3, 0.4) is 0 Å². The highest BCUT2D eigenvalue weighted by molar-refractivity contribution is 4.88. The molecule has 0 saturated heterocycles.